The lowest BCUT2D eigenvalue weighted by atomic mass is 10.2. The molecule has 0 heterocycles. The Hall–Kier alpha value is -1.20. The molecule has 0 saturated carbocycles. The van der Waals surface area contributed by atoms with Crippen LogP contribution in [-0.2, 0) is 20.7 Å². The highest BCUT2D eigenvalue weighted by molar-refractivity contribution is 7.52. The Balaban J connectivity index is 0.00000225. The van der Waals surface area contributed by atoms with E-state index in [9.17, 15) is 9.36 Å². The highest BCUT2D eigenvalue weighted by Crippen LogP contribution is 2.33. The Morgan fingerprint density at radius 2 is 1.81 bits per heavy atom. The minimum atomic E-state index is -4.32. The Labute approximate surface area is 93.0 Å². The van der Waals surface area contributed by atoms with Gasteiger partial charge in [0.05, 0.1) is 0 Å². The molecule has 0 spiro atoms. The Bertz CT molecular complexity index is 375. The van der Waals surface area contributed by atoms with Crippen LogP contribution in [0.1, 0.15) is 5.56 Å². The van der Waals surface area contributed by atoms with Crippen LogP contribution in [0.15, 0.2) is 30.3 Å². The highest BCUT2D eigenvalue weighted by Gasteiger charge is 2.19. The van der Waals surface area contributed by atoms with Gasteiger partial charge < -0.3 is 20.7 Å². The van der Waals surface area contributed by atoms with E-state index in [1.54, 1.807) is 24.3 Å². The van der Waals surface area contributed by atoms with Gasteiger partial charge in [-0.05, 0) is 5.56 Å². The quantitative estimate of drug-likeness (QED) is 0.540. The molecule has 1 aromatic rings. The van der Waals surface area contributed by atoms with Crippen molar-refractivity contribution in [2.75, 3.05) is 6.16 Å². The average Bonchev–Trinajstić information content (AvgIpc) is 2.14. The molecule has 0 aliphatic heterocycles. The molecule has 7 heteroatoms. The van der Waals surface area contributed by atoms with E-state index in [-0.39, 0.29) is 12.8 Å². The first-order chi connectivity index (χ1) is 6.97. The van der Waals surface area contributed by atoms with Gasteiger partial charge in [-0.15, -0.1) is 0 Å². The van der Waals surface area contributed by atoms with Crippen molar-refractivity contribution in [1.82, 2.24) is 6.15 Å². The lowest BCUT2D eigenvalue weighted by Gasteiger charge is -2.05. The predicted octanol–water partition coefficient (Wildman–Crippen LogP) is 1.07. The molecular formula is C9H14NO5P. The molecule has 1 aromatic carbocycles. The van der Waals surface area contributed by atoms with Gasteiger partial charge in [-0.2, -0.15) is 0 Å². The third-order valence-electron chi connectivity index (χ3n) is 1.58. The van der Waals surface area contributed by atoms with Crippen molar-refractivity contribution in [3.63, 3.8) is 0 Å². The number of carbonyl (C=O) groups excluding carboxylic acids is 1. The summed E-state index contributed by atoms with van der Waals surface area (Å²) >= 11 is 0. The number of rotatable bonds is 4. The molecule has 90 valence electrons. The third kappa shape index (κ3) is 6.31. The summed E-state index contributed by atoms with van der Waals surface area (Å²) in [6, 6.07) is 8.90. The third-order valence-corrected chi connectivity index (χ3v) is 2.25. The van der Waals surface area contributed by atoms with Crippen molar-refractivity contribution >= 4 is 13.6 Å². The van der Waals surface area contributed by atoms with Crippen LogP contribution in [0.4, 0.5) is 0 Å². The summed E-state index contributed by atoms with van der Waals surface area (Å²) in [7, 11) is -4.32. The number of ether oxygens (including phenoxy) is 1. The molecule has 6 nitrogen and oxygen atoms in total. The monoisotopic (exact) mass is 247 g/mol. The fraction of sp³-hybridized carbons (Fsp3) is 0.222. The SMILES string of the molecule is N.O=C(CP(=O)(O)O)OCc1ccccc1. The summed E-state index contributed by atoms with van der Waals surface area (Å²) in [4.78, 5) is 27.9. The van der Waals surface area contributed by atoms with E-state index < -0.39 is 19.7 Å². The Kier molecular flexibility index (Phi) is 5.92. The van der Waals surface area contributed by atoms with Crippen LogP contribution >= 0.6 is 7.60 Å². The van der Waals surface area contributed by atoms with Gasteiger partial charge in [0.1, 0.15) is 12.8 Å². The first kappa shape index (κ1) is 14.8. The molecule has 16 heavy (non-hydrogen) atoms. The smallest absolute Gasteiger partial charge is 0.336 e. The second-order valence-electron chi connectivity index (χ2n) is 2.97. The predicted molar refractivity (Wildman–Crippen MR) is 58.2 cm³/mol. The van der Waals surface area contributed by atoms with Gasteiger partial charge >= 0.3 is 13.6 Å². The summed E-state index contributed by atoms with van der Waals surface area (Å²) in [6.07, 6.45) is -0.875. The van der Waals surface area contributed by atoms with Crippen LogP contribution in [0.25, 0.3) is 0 Å². The van der Waals surface area contributed by atoms with Crippen molar-refractivity contribution in [2.24, 2.45) is 0 Å². The molecule has 0 atom stereocenters. The van der Waals surface area contributed by atoms with Gasteiger partial charge in [0.2, 0.25) is 0 Å². The van der Waals surface area contributed by atoms with Crippen LogP contribution in [0.2, 0.25) is 0 Å². The molecule has 5 N–H and O–H groups in total. The second kappa shape index (κ2) is 6.40. The van der Waals surface area contributed by atoms with Crippen LogP contribution in [0.3, 0.4) is 0 Å². The zero-order chi connectivity index (χ0) is 11.3. The van der Waals surface area contributed by atoms with Gasteiger partial charge in [-0.25, -0.2) is 0 Å². The topological polar surface area (TPSA) is 119 Å². The molecule has 0 bridgehead atoms. The largest absolute Gasteiger partial charge is 0.460 e. The average molecular weight is 247 g/mol. The zero-order valence-electron chi connectivity index (χ0n) is 8.57. The van der Waals surface area contributed by atoms with Crippen LogP contribution < -0.4 is 6.15 Å². The first-order valence-corrected chi connectivity index (χ1v) is 6.01. The molecule has 0 aromatic heterocycles. The maximum atomic E-state index is 10.9. The highest BCUT2D eigenvalue weighted by atomic mass is 31.2. The summed E-state index contributed by atoms with van der Waals surface area (Å²) < 4.78 is 15.1. The summed E-state index contributed by atoms with van der Waals surface area (Å²) in [6.45, 7) is 0.0275. The van der Waals surface area contributed by atoms with Gasteiger partial charge in [0, 0.05) is 0 Å². The molecule has 0 radical (unpaired) electrons. The minimum Gasteiger partial charge on any atom is -0.460 e. The number of esters is 1. The molecule has 0 fully saturated rings. The normalized spacial score (nSPS) is 10.4. The summed E-state index contributed by atoms with van der Waals surface area (Å²) in [5.74, 6) is -0.896. The molecule has 0 unspecified atom stereocenters. The van der Waals surface area contributed by atoms with Crippen LogP contribution in [-0.4, -0.2) is 21.9 Å². The van der Waals surface area contributed by atoms with Gasteiger partial charge in [0.25, 0.3) is 0 Å². The molecule has 0 saturated heterocycles. The lowest BCUT2D eigenvalue weighted by molar-refractivity contribution is -0.142. The molecule has 1 rings (SSSR count). The molecule has 0 aliphatic carbocycles. The van der Waals surface area contributed by atoms with E-state index >= 15 is 0 Å². The van der Waals surface area contributed by atoms with Crippen molar-refractivity contribution in [2.45, 2.75) is 6.61 Å². The van der Waals surface area contributed by atoms with E-state index in [0.717, 1.165) is 5.56 Å². The number of carbonyl (C=O) groups is 1. The molecule has 0 aliphatic rings. The Morgan fingerprint density at radius 3 is 2.31 bits per heavy atom. The molecule has 0 amide bonds. The number of hydrogen-bond acceptors (Lipinski definition) is 4. The maximum absolute atomic E-state index is 10.9. The lowest BCUT2D eigenvalue weighted by Crippen LogP contribution is -2.09. The van der Waals surface area contributed by atoms with E-state index in [4.69, 9.17) is 9.79 Å². The van der Waals surface area contributed by atoms with Crippen LogP contribution in [0.5, 0.6) is 0 Å². The summed E-state index contributed by atoms with van der Waals surface area (Å²) in [5, 5.41) is 0. The second-order valence-corrected chi connectivity index (χ2v) is 4.61. The van der Waals surface area contributed by atoms with E-state index in [1.807, 2.05) is 6.07 Å². The maximum Gasteiger partial charge on any atom is 0.336 e. The Morgan fingerprint density at radius 1 is 1.25 bits per heavy atom. The van der Waals surface area contributed by atoms with Gasteiger partial charge in [-0.3, -0.25) is 9.36 Å². The van der Waals surface area contributed by atoms with E-state index in [2.05, 4.69) is 4.74 Å². The van der Waals surface area contributed by atoms with Crippen molar-refractivity contribution in [3.8, 4) is 0 Å². The standard InChI is InChI=1S/C9H11O5P.H3N/c10-9(7-15(11,12)13)14-6-8-4-2-1-3-5-8;/h1-5H,6-7H2,(H2,11,12,13);1H3. The molecular weight excluding hydrogens is 233 g/mol. The fourth-order valence-corrected chi connectivity index (χ4v) is 1.38. The van der Waals surface area contributed by atoms with Gasteiger partial charge in [-0.1, -0.05) is 30.3 Å². The van der Waals surface area contributed by atoms with Crippen molar-refractivity contribution in [3.05, 3.63) is 35.9 Å². The summed E-state index contributed by atoms with van der Waals surface area (Å²) in [5.41, 5.74) is 0.775. The fourth-order valence-electron chi connectivity index (χ4n) is 0.952. The van der Waals surface area contributed by atoms with Crippen molar-refractivity contribution in [1.29, 1.82) is 0 Å². The number of hydrogen-bond donors (Lipinski definition) is 3. The van der Waals surface area contributed by atoms with E-state index in [1.165, 1.54) is 0 Å². The van der Waals surface area contributed by atoms with Gasteiger partial charge in [0.15, 0.2) is 0 Å². The number of benzene rings is 1. The van der Waals surface area contributed by atoms with Crippen LogP contribution in [0, 0.1) is 0 Å². The van der Waals surface area contributed by atoms with E-state index in [0.29, 0.717) is 0 Å². The minimum absolute atomic E-state index is 0. The zero-order valence-corrected chi connectivity index (χ0v) is 9.47. The van der Waals surface area contributed by atoms with Crippen molar-refractivity contribution < 1.29 is 23.9 Å². The first-order valence-electron chi connectivity index (χ1n) is 4.21.